The molecule has 0 aliphatic heterocycles. The fourth-order valence-corrected chi connectivity index (χ4v) is 2.20. The summed E-state index contributed by atoms with van der Waals surface area (Å²) in [5.74, 6) is 0. The van der Waals surface area contributed by atoms with Gasteiger partial charge in [-0.05, 0) is 25.0 Å². The van der Waals surface area contributed by atoms with Crippen molar-refractivity contribution < 1.29 is 8.42 Å². The molecule has 0 heterocycles. The molecule has 1 atom stereocenters. The molecule has 1 unspecified atom stereocenters. The maximum absolute atomic E-state index is 11.6. The average Bonchev–Trinajstić information content (AvgIpc) is 2.36. The van der Waals surface area contributed by atoms with Gasteiger partial charge in [0.05, 0.1) is 0 Å². The Labute approximate surface area is 97.0 Å². The largest absolute Gasteiger partial charge is 0.388 e. The first-order valence-corrected chi connectivity index (χ1v) is 6.70. The van der Waals surface area contributed by atoms with Crippen LogP contribution in [0.5, 0.6) is 0 Å². The molecule has 5 heteroatoms. The molecule has 1 aliphatic carbocycles. The Bertz CT molecular complexity index is 460. The van der Waals surface area contributed by atoms with E-state index in [1.807, 2.05) is 20.0 Å². The smallest absolute Gasteiger partial charge is 0.221 e. The number of nitrogens with one attached hydrogen (secondary N) is 1. The monoisotopic (exact) mass is 242 g/mol. The summed E-state index contributed by atoms with van der Waals surface area (Å²) in [6.45, 7) is 3.58. The molecule has 16 heavy (non-hydrogen) atoms. The van der Waals surface area contributed by atoms with Crippen molar-refractivity contribution in [3.63, 3.8) is 0 Å². The zero-order valence-electron chi connectivity index (χ0n) is 9.82. The third-order valence-corrected chi connectivity index (χ3v) is 4.24. The van der Waals surface area contributed by atoms with Crippen LogP contribution in [0.4, 0.5) is 0 Å². The van der Waals surface area contributed by atoms with Gasteiger partial charge in [0, 0.05) is 12.7 Å². The van der Waals surface area contributed by atoms with Crippen LogP contribution in [-0.4, -0.2) is 20.2 Å². The first-order chi connectivity index (χ1) is 7.34. The van der Waals surface area contributed by atoms with Crippen molar-refractivity contribution in [1.82, 2.24) is 5.32 Å². The number of sulfonamides is 1. The highest BCUT2D eigenvalue weighted by molar-refractivity contribution is 7.90. The Hall–Kier alpha value is -1.07. The summed E-state index contributed by atoms with van der Waals surface area (Å²) in [5, 5.41) is 8.29. The van der Waals surface area contributed by atoms with Gasteiger partial charge in [-0.3, -0.25) is 0 Å². The molecule has 0 spiro atoms. The van der Waals surface area contributed by atoms with Crippen LogP contribution in [0.15, 0.2) is 35.6 Å². The topological polar surface area (TPSA) is 72.2 Å². The molecule has 1 rings (SSSR count). The lowest BCUT2D eigenvalue weighted by molar-refractivity contribution is 0.581. The van der Waals surface area contributed by atoms with E-state index in [0.29, 0.717) is 0 Å². The van der Waals surface area contributed by atoms with Crippen LogP contribution < -0.4 is 10.5 Å². The quantitative estimate of drug-likeness (QED) is 0.777. The molecular formula is C11H18N2O2S. The second-order valence-electron chi connectivity index (χ2n) is 3.94. The first kappa shape index (κ1) is 13.0. The predicted molar refractivity (Wildman–Crippen MR) is 66.2 cm³/mol. The van der Waals surface area contributed by atoms with Gasteiger partial charge in [-0.2, -0.15) is 0 Å². The van der Waals surface area contributed by atoms with Gasteiger partial charge in [0.2, 0.25) is 10.0 Å². The number of likely N-dealkylation sites (N-methyl/N-ethyl adjacent to an activating group) is 1. The first-order valence-electron chi connectivity index (χ1n) is 5.16. The van der Waals surface area contributed by atoms with E-state index in [9.17, 15) is 8.42 Å². The summed E-state index contributed by atoms with van der Waals surface area (Å²) in [7, 11) is -1.84. The van der Waals surface area contributed by atoms with Crippen molar-refractivity contribution in [1.29, 1.82) is 0 Å². The summed E-state index contributed by atoms with van der Waals surface area (Å²) < 4.78 is 22.0. The lowest BCUT2D eigenvalue weighted by atomic mass is 10.0. The molecule has 3 N–H and O–H groups in total. The normalized spacial score (nSPS) is 25.8. The maximum Gasteiger partial charge on any atom is 0.221 e. The van der Waals surface area contributed by atoms with E-state index < -0.39 is 14.8 Å². The average molecular weight is 242 g/mol. The van der Waals surface area contributed by atoms with Gasteiger partial charge >= 0.3 is 0 Å². The van der Waals surface area contributed by atoms with Crippen LogP contribution in [0.25, 0.3) is 0 Å². The molecule has 0 aromatic carbocycles. The minimum Gasteiger partial charge on any atom is -0.388 e. The van der Waals surface area contributed by atoms with E-state index in [0.717, 1.165) is 17.7 Å². The van der Waals surface area contributed by atoms with Gasteiger partial charge in [-0.1, -0.05) is 25.2 Å². The molecule has 0 aromatic heterocycles. The third kappa shape index (κ3) is 2.36. The van der Waals surface area contributed by atoms with Crippen LogP contribution in [-0.2, 0) is 10.0 Å². The zero-order valence-corrected chi connectivity index (χ0v) is 10.6. The fraction of sp³-hybridized carbons (Fsp3) is 0.455. The molecule has 4 nitrogen and oxygen atoms in total. The van der Waals surface area contributed by atoms with Gasteiger partial charge in [0.15, 0.2) is 0 Å². The number of hydrogen-bond acceptors (Lipinski definition) is 3. The highest BCUT2D eigenvalue weighted by Gasteiger charge is 2.32. The predicted octanol–water partition coefficient (Wildman–Crippen LogP) is 1.04. The van der Waals surface area contributed by atoms with Crippen LogP contribution >= 0.6 is 0 Å². The zero-order chi connectivity index (χ0) is 12.4. The fourth-order valence-electron chi connectivity index (χ4n) is 1.63. The van der Waals surface area contributed by atoms with Gasteiger partial charge < -0.3 is 5.32 Å². The Morgan fingerprint density at radius 3 is 2.56 bits per heavy atom. The van der Waals surface area contributed by atoms with Crippen LogP contribution in [0, 0.1) is 0 Å². The summed E-state index contributed by atoms with van der Waals surface area (Å²) in [6, 6.07) is 0. The standard InChI is InChI=1S/C11H18N2O2S/c1-4-9-8-11(2,16(12,14)15)7-5-6-10(9)13-3/h5-8,13H,4H2,1-3H3,(H2,12,14,15). The molecule has 90 valence electrons. The Kier molecular flexibility index (Phi) is 3.60. The summed E-state index contributed by atoms with van der Waals surface area (Å²) >= 11 is 0. The van der Waals surface area contributed by atoms with Gasteiger partial charge in [-0.25, -0.2) is 13.6 Å². The minimum atomic E-state index is -3.65. The molecule has 1 aliphatic rings. The molecule has 0 fully saturated rings. The second kappa shape index (κ2) is 4.43. The molecule has 0 aromatic rings. The van der Waals surface area contributed by atoms with Crippen molar-refractivity contribution in [3.05, 3.63) is 35.6 Å². The van der Waals surface area contributed by atoms with Crippen molar-refractivity contribution in [2.24, 2.45) is 5.14 Å². The number of allylic oxidation sites excluding steroid dienone is 3. The molecule has 0 saturated carbocycles. The van der Waals surface area contributed by atoms with E-state index in [1.165, 1.54) is 0 Å². The molecule has 0 amide bonds. The van der Waals surface area contributed by atoms with Gasteiger partial charge in [0.1, 0.15) is 4.75 Å². The summed E-state index contributed by atoms with van der Waals surface area (Å²) in [6.07, 6.45) is 7.62. The highest BCUT2D eigenvalue weighted by Crippen LogP contribution is 2.26. The lowest BCUT2D eigenvalue weighted by Gasteiger charge is -2.20. The van der Waals surface area contributed by atoms with Crippen LogP contribution in [0.3, 0.4) is 0 Å². The second-order valence-corrected chi connectivity index (χ2v) is 5.91. The van der Waals surface area contributed by atoms with Crippen LogP contribution in [0.1, 0.15) is 20.3 Å². The Morgan fingerprint density at radius 1 is 1.50 bits per heavy atom. The van der Waals surface area contributed by atoms with Crippen molar-refractivity contribution in [2.75, 3.05) is 7.05 Å². The van der Waals surface area contributed by atoms with Gasteiger partial charge in [0.25, 0.3) is 0 Å². The number of hydrogen-bond donors (Lipinski definition) is 2. The van der Waals surface area contributed by atoms with E-state index in [2.05, 4.69) is 5.32 Å². The van der Waals surface area contributed by atoms with Crippen molar-refractivity contribution >= 4 is 10.0 Å². The van der Waals surface area contributed by atoms with Crippen LogP contribution in [0.2, 0.25) is 0 Å². The number of primary sulfonamides is 1. The summed E-state index contributed by atoms with van der Waals surface area (Å²) in [5.41, 5.74) is 1.87. The minimum absolute atomic E-state index is 0.749. The molecule has 0 saturated heterocycles. The number of nitrogens with two attached hydrogens (primary N) is 1. The van der Waals surface area contributed by atoms with E-state index >= 15 is 0 Å². The Balaban J connectivity index is 3.32. The third-order valence-electron chi connectivity index (χ3n) is 2.76. The van der Waals surface area contributed by atoms with Crippen molar-refractivity contribution in [3.8, 4) is 0 Å². The molecular weight excluding hydrogens is 224 g/mol. The van der Waals surface area contributed by atoms with Gasteiger partial charge in [-0.15, -0.1) is 0 Å². The van der Waals surface area contributed by atoms with E-state index in [-0.39, 0.29) is 0 Å². The molecule has 0 radical (unpaired) electrons. The molecule has 0 bridgehead atoms. The SMILES string of the molecule is CCC1=CC(C)(S(N)(=O)=O)C=CC=C1NC. The van der Waals surface area contributed by atoms with Crippen molar-refractivity contribution in [2.45, 2.75) is 25.0 Å². The van der Waals surface area contributed by atoms with E-state index in [4.69, 9.17) is 5.14 Å². The lowest BCUT2D eigenvalue weighted by Crippen LogP contribution is -2.37. The number of rotatable bonds is 3. The maximum atomic E-state index is 11.6. The Morgan fingerprint density at radius 2 is 2.12 bits per heavy atom. The summed E-state index contributed by atoms with van der Waals surface area (Å²) in [4.78, 5) is 0. The van der Waals surface area contributed by atoms with E-state index in [1.54, 1.807) is 25.2 Å². The highest BCUT2D eigenvalue weighted by atomic mass is 32.2.